The zero-order valence-electron chi connectivity index (χ0n) is 11.6. The van der Waals surface area contributed by atoms with E-state index in [1.807, 2.05) is 18.2 Å². The number of hydrogen-bond donors (Lipinski definition) is 0. The molecular weight excluding hydrogens is 248 g/mol. The second kappa shape index (κ2) is 5.49. The minimum Gasteiger partial charge on any atom is -0.469 e. The maximum Gasteiger partial charge on any atom is 0.309 e. The zero-order valence-corrected chi connectivity index (χ0v) is 11.6. The van der Waals surface area contributed by atoms with Crippen LogP contribution in [0.5, 0.6) is 0 Å². The van der Waals surface area contributed by atoms with Gasteiger partial charge in [-0.05, 0) is 41.5 Å². The van der Waals surface area contributed by atoms with Crippen molar-refractivity contribution in [1.29, 1.82) is 0 Å². The van der Waals surface area contributed by atoms with Gasteiger partial charge in [-0.25, -0.2) is 0 Å². The summed E-state index contributed by atoms with van der Waals surface area (Å²) < 4.78 is 4.88. The minimum atomic E-state index is -0.0826. The van der Waals surface area contributed by atoms with Crippen LogP contribution in [0.3, 0.4) is 0 Å². The highest BCUT2D eigenvalue weighted by Gasteiger charge is 2.25. The highest BCUT2D eigenvalue weighted by molar-refractivity contribution is 5.73. The van der Waals surface area contributed by atoms with E-state index in [2.05, 4.69) is 30.3 Å². The summed E-state index contributed by atoms with van der Waals surface area (Å²) in [7, 11) is 1.47. The first kappa shape index (κ1) is 12.9. The molecule has 3 rings (SSSR count). The molecule has 0 radical (unpaired) electrons. The van der Waals surface area contributed by atoms with Crippen molar-refractivity contribution in [2.45, 2.75) is 19.3 Å². The third-order valence-corrected chi connectivity index (χ3v) is 4.08. The molecule has 102 valence electrons. The summed E-state index contributed by atoms with van der Waals surface area (Å²) in [6.45, 7) is 0. The quantitative estimate of drug-likeness (QED) is 0.776. The average Bonchev–Trinajstić information content (AvgIpc) is 2.54. The van der Waals surface area contributed by atoms with Crippen LogP contribution in [0, 0.1) is 5.92 Å². The van der Waals surface area contributed by atoms with Crippen molar-refractivity contribution in [2.24, 2.45) is 5.92 Å². The highest BCUT2D eigenvalue weighted by atomic mass is 16.5. The second-order valence-electron chi connectivity index (χ2n) is 5.31. The summed E-state index contributed by atoms with van der Waals surface area (Å²) in [5.74, 6) is -0.0701. The van der Waals surface area contributed by atoms with E-state index in [1.54, 1.807) is 0 Å². The molecule has 0 amide bonds. The Kier molecular flexibility index (Phi) is 3.55. The van der Waals surface area contributed by atoms with Gasteiger partial charge in [0.1, 0.15) is 0 Å². The molecule has 2 nitrogen and oxygen atoms in total. The zero-order chi connectivity index (χ0) is 13.9. The van der Waals surface area contributed by atoms with Crippen LogP contribution in [0.4, 0.5) is 0 Å². The van der Waals surface area contributed by atoms with Crippen molar-refractivity contribution in [3.8, 4) is 11.1 Å². The van der Waals surface area contributed by atoms with Gasteiger partial charge in [-0.1, -0.05) is 48.5 Å². The molecule has 2 heteroatoms. The van der Waals surface area contributed by atoms with E-state index >= 15 is 0 Å². The van der Waals surface area contributed by atoms with Crippen LogP contribution in [-0.4, -0.2) is 13.1 Å². The van der Waals surface area contributed by atoms with Gasteiger partial charge in [0, 0.05) is 0 Å². The lowest BCUT2D eigenvalue weighted by Crippen LogP contribution is -2.23. The molecule has 0 aliphatic heterocycles. The van der Waals surface area contributed by atoms with Crippen molar-refractivity contribution >= 4 is 5.97 Å². The molecule has 0 fully saturated rings. The Bertz CT molecular complexity index is 617. The number of fused-ring (bicyclic) bond motifs is 1. The van der Waals surface area contributed by atoms with Gasteiger partial charge < -0.3 is 4.74 Å². The van der Waals surface area contributed by atoms with Gasteiger partial charge in [-0.2, -0.15) is 0 Å². The Balaban J connectivity index is 1.91. The fraction of sp³-hybridized carbons (Fsp3) is 0.278. The molecule has 0 bridgehead atoms. The number of aryl methyl sites for hydroxylation is 1. The first-order valence-electron chi connectivity index (χ1n) is 7.03. The Morgan fingerprint density at radius 2 is 1.85 bits per heavy atom. The topological polar surface area (TPSA) is 26.3 Å². The van der Waals surface area contributed by atoms with Crippen molar-refractivity contribution < 1.29 is 9.53 Å². The Morgan fingerprint density at radius 3 is 2.60 bits per heavy atom. The van der Waals surface area contributed by atoms with E-state index < -0.39 is 0 Å². The van der Waals surface area contributed by atoms with E-state index in [9.17, 15) is 4.79 Å². The van der Waals surface area contributed by atoms with Crippen LogP contribution in [-0.2, 0) is 22.4 Å². The molecule has 1 atom stereocenters. The summed E-state index contributed by atoms with van der Waals surface area (Å²) >= 11 is 0. The van der Waals surface area contributed by atoms with Gasteiger partial charge in [0.05, 0.1) is 13.0 Å². The summed E-state index contributed by atoms with van der Waals surface area (Å²) in [4.78, 5) is 11.7. The number of esters is 1. The fourth-order valence-corrected chi connectivity index (χ4v) is 2.94. The summed E-state index contributed by atoms with van der Waals surface area (Å²) in [6.07, 6.45) is 2.65. The molecule has 0 saturated heterocycles. The van der Waals surface area contributed by atoms with Gasteiger partial charge in [-0.15, -0.1) is 0 Å². The standard InChI is InChI=1S/C18H18O2/c1-20-18(19)16-10-8-14-7-9-15(11-17(14)12-16)13-5-3-2-4-6-13/h2-7,9,11,16H,8,10,12H2,1H3. The maximum absolute atomic E-state index is 11.7. The largest absolute Gasteiger partial charge is 0.469 e. The van der Waals surface area contributed by atoms with Gasteiger partial charge in [0.15, 0.2) is 0 Å². The average molecular weight is 266 g/mol. The molecule has 1 unspecified atom stereocenters. The Morgan fingerprint density at radius 1 is 1.05 bits per heavy atom. The molecule has 0 aromatic heterocycles. The third-order valence-electron chi connectivity index (χ3n) is 4.08. The van der Waals surface area contributed by atoms with Crippen molar-refractivity contribution in [3.63, 3.8) is 0 Å². The number of benzene rings is 2. The van der Waals surface area contributed by atoms with Gasteiger partial charge in [0.2, 0.25) is 0 Å². The highest BCUT2D eigenvalue weighted by Crippen LogP contribution is 2.30. The molecule has 1 aliphatic carbocycles. The summed E-state index contributed by atoms with van der Waals surface area (Å²) in [5.41, 5.74) is 5.09. The SMILES string of the molecule is COC(=O)C1CCc2ccc(-c3ccccc3)cc2C1. The van der Waals surface area contributed by atoms with Crippen LogP contribution in [0.1, 0.15) is 17.5 Å². The monoisotopic (exact) mass is 266 g/mol. The molecule has 0 spiro atoms. The normalized spacial score (nSPS) is 17.4. The molecule has 2 aromatic rings. The van der Waals surface area contributed by atoms with E-state index in [1.165, 1.54) is 29.4 Å². The lowest BCUT2D eigenvalue weighted by atomic mass is 9.82. The van der Waals surface area contributed by atoms with E-state index in [0.29, 0.717) is 0 Å². The lowest BCUT2D eigenvalue weighted by molar-refractivity contribution is -0.145. The van der Waals surface area contributed by atoms with Crippen LogP contribution < -0.4 is 0 Å². The smallest absolute Gasteiger partial charge is 0.309 e. The number of hydrogen-bond acceptors (Lipinski definition) is 2. The number of rotatable bonds is 2. The first-order chi connectivity index (χ1) is 9.78. The van der Waals surface area contributed by atoms with Crippen LogP contribution in [0.25, 0.3) is 11.1 Å². The van der Waals surface area contributed by atoms with E-state index in [-0.39, 0.29) is 11.9 Å². The number of carbonyl (C=O) groups is 1. The molecule has 1 aliphatic rings. The molecule has 20 heavy (non-hydrogen) atoms. The second-order valence-corrected chi connectivity index (χ2v) is 5.31. The van der Waals surface area contributed by atoms with E-state index in [0.717, 1.165) is 19.3 Å². The van der Waals surface area contributed by atoms with Crippen molar-refractivity contribution in [1.82, 2.24) is 0 Å². The lowest BCUT2D eigenvalue weighted by Gasteiger charge is -2.23. The number of ether oxygens (including phenoxy) is 1. The first-order valence-corrected chi connectivity index (χ1v) is 7.03. The van der Waals surface area contributed by atoms with Crippen LogP contribution in [0.15, 0.2) is 48.5 Å². The molecule has 0 N–H and O–H groups in total. The predicted molar refractivity (Wildman–Crippen MR) is 79.4 cm³/mol. The fourth-order valence-electron chi connectivity index (χ4n) is 2.94. The van der Waals surface area contributed by atoms with Gasteiger partial charge in [0.25, 0.3) is 0 Å². The van der Waals surface area contributed by atoms with Crippen LogP contribution in [0.2, 0.25) is 0 Å². The molecular formula is C18H18O2. The third kappa shape index (κ3) is 2.46. The molecule has 2 aromatic carbocycles. The van der Waals surface area contributed by atoms with Gasteiger partial charge in [-0.3, -0.25) is 4.79 Å². The predicted octanol–water partition coefficient (Wildman–Crippen LogP) is 3.63. The number of methoxy groups -OCH3 is 1. The Labute approximate surface area is 119 Å². The summed E-state index contributed by atoms with van der Waals surface area (Å²) in [5, 5.41) is 0. The molecule has 0 saturated carbocycles. The number of carbonyl (C=O) groups excluding carboxylic acids is 1. The van der Waals surface area contributed by atoms with Crippen molar-refractivity contribution in [2.75, 3.05) is 7.11 Å². The Hall–Kier alpha value is -2.09. The van der Waals surface area contributed by atoms with Crippen molar-refractivity contribution in [3.05, 3.63) is 59.7 Å². The van der Waals surface area contributed by atoms with Gasteiger partial charge >= 0.3 is 5.97 Å². The molecule has 0 heterocycles. The maximum atomic E-state index is 11.7. The van der Waals surface area contributed by atoms with E-state index in [4.69, 9.17) is 4.74 Å². The minimum absolute atomic E-state index is 0.0125. The summed E-state index contributed by atoms with van der Waals surface area (Å²) in [6, 6.07) is 16.9. The van der Waals surface area contributed by atoms with Crippen LogP contribution >= 0.6 is 0 Å².